The third kappa shape index (κ3) is 5.80. The van der Waals surface area contributed by atoms with Crippen LogP contribution in [0.3, 0.4) is 0 Å². The van der Waals surface area contributed by atoms with Gasteiger partial charge in [-0.15, -0.1) is 0 Å². The second-order valence-corrected chi connectivity index (χ2v) is 10.4. The molecule has 1 aromatic carbocycles. The predicted molar refractivity (Wildman–Crippen MR) is 126 cm³/mol. The fourth-order valence-corrected chi connectivity index (χ4v) is 5.54. The summed E-state index contributed by atoms with van der Waals surface area (Å²) in [4.78, 5) is 23.5. The Morgan fingerprint density at radius 1 is 1.19 bits per heavy atom. The molecule has 2 amide bonds. The van der Waals surface area contributed by atoms with E-state index in [4.69, 9.17) is 28.9 Å². The van der Waals surface area contributed by atoms with Crippen LogP contribution >= 0.6 is 34.7 Å². The molecule has 174 valence electrons. The molecule has 32 heavy (non-hydrogen) atoms. The maximum Gasteiger partial charge on any atom is 0.260 e. The molecule has 1 unspecified atom stereocenters. The van der Waals surface area contributed by atoms with Gasteiger partial charge in [-0.1, -0.05) is 55.8 Å². The zero-order valence-corrected chi connectivity index (χ0v) is 20.3. The van der Waals surface area contributed by atoms with Gasteiger partial charge in [-0.05, 0) is 60.8 Å². The Kier molecular flexibility index (Phi) is 8.53. The van der Waals surface area contributed by atoms with Crippen molar-refractivity contribution in [3.63, 3.8) is 0 Å². The van der Waals surface area contributed by atoms with Crippen molar-refractivity contribution < 1.29 is 14.0 Å². The zero-order chi connectivity index (χ0) is 23.3. The molecule has 0 bridgehead atoms. The monoisotopic (exact) mass is 499 g/mol. The number of benzene rings is 1. The van der Waals surface area contributed by atoms with Crippen molar-refractivity contribution in [3.05, 3.63) is 50.7 Å². The molecule has 2 fully saturated rings. The molecule has 1 atom stereocenters. The first-order valence-corrected chi connectivity index (χ1v) is 12.4. The van der Waals surface area contributed by atoms with Gasteiger partial charge in [0.1, 0.15) is 10.7 Å². The molecule has 4 rings (SSSR count). The van der Waals surface area contributed by atoms with E-state index < -0.39 is 17.8 Å². The maximum absolute atomic E-state index is 14.6. The van der Waals surface area contributed by atoms with Crippen molar-refractivity contribution in [1.82, 2.24) is 9.69 Å². The Morgan fingerprint density at radius 3 is 2.38 bits per heavy atom. The first-order valence-electron chi connectivity index (χ1n) is 10.9. The van der Waals surface area contributed by atoms with Crippen molar-refractivity contribution >= 4 is 46.5 Å². The standard InChI is InChI=1S/C19H24Cl2FNO.C4H4N2OS/c1-19(10-4-5-11-19)17(23-18(24)12-6-2-3-7-12)15-14(22)9-8-13(20)16(15)21;5-4(7)3-1-2-6-8-3/h8-9,12,17H,2-7,10-11H2,1H3,(H,23,24);1-2H,(H2,5,7). The fraction of sp³-hybridized carbons (Fsp3) is 0.522. The highest BCUT2D eigenvalue weighted by molar-refractivity contribution is 7.08. The lowest BCUT2D eigenvalue weighted by atomic mass is 9.76. The van der Waals surface area contributed by atoms with E-state index in [2.05, 4.69) is 16.6 Å². The summed E-state index contributed by atoms with van der Waals surface area (Å²) in [5, 5.41) is 3.70. The van der Waals surface area contributed by atoms with E-state index >= 15 is 0 Å². The number of hydrogen-bond donors (Lipinski definition) is 2. The van der Waals surface area contributed by atoms with Gasteiger partial charge in [-0.25, -0.2) is 8.76 Å². The molecular weight excluding hydrogens is 472 g/mol. The van der Waals surface area contributed by atoms with E-state index in [1.807, 2.05) is 0 Å². The van der Waals surface area contributed by atoms with Gasteiger partial charge in [0, 0.05) is 17.7 Å². The quantitative estimate of drug-likeness (QED) is 0.473. The highest BCUT2D eigenvalue weighted by Crippen LogP contribution is 2.50. The average Bonchev–Trinajstić information content (AvgIpc) is 3.53. The lowest BCUT2D eigenvalue weighted by molar-refractivity contribution is -0.126. The molecule has 2 aliphatic rings. The Labute approximate surface area is 202 Å². The lowest BCUT2D eigenvalue weighted by Gasteiger charge is -2.36. The minimum atomic E-state index is -0.431. The van der Waals surface area contributed by atoms with E-state index in [-0.39, 0.29) is 22.3 Å². The number of primary amides is 1. The van der Waals surface area contributed by atoms with Crippen LogP contribution in [0.25, 0.3) is 0 Å². The Hall–Kier alpha value is -1.70. The maximum atomic E-state index is 14.6. The van der Waals surface area contributed by atoms with E-state index in [1.54, 1.807) is 12.3 Å². The number of nitrogens with two attached hydrogens (primary N) is 1. The summed E-state index contributed by atoms with van der Waals surface area (Å²) in [5.74, 6) is -0.735. The van der Waals surface area contributed by atoms with Crippen LogP contribution in [0.5, 0.6) is 0 Å². The highest BCUT2D eigenvalue weighted by atomic mass is 35.5. The minimum Gasteiger partial charge on any atom is -0.365 e. The van der Waals surface area contributed by atoms with Crippen LogP contribution < -0.4 is 11.1 Å². The third-order valence-electron chi connectivity index (χ3n) is 6.50. The van der Waals surface area contributed by atoms with E-state index in [0.717, 1.165) is 62.9 Å². The van der Waals surface area contributed by atoms with Gasteiger partial charge < -0.3 is 11.1 Å². The lowest BCUT2D eigenvalue weighted by Crippen LogP contribution is -2.41. The third-order valence-corrected chi connectivity index (χ3v) is 8.08. The smallest absolute Gasteiger partial charge is 0.260 e. The van der Waals surface area contributed by atoms with Crippen LogP contribution in [0.2, 0.25) is 10.0 Å². The van der Waals surface area contributed by atoms with Gasteiger partial charge >= 0.3 is 0 Å². The fourth-order valence-electron chi connectivity index (χ4n) is 4.66. The van der Waals surface area contributed by atoms with Crippen LogP contribution in [0.1, 0.15) is 79.6 Å². The predicted octanol–water partition coefficient (Wildman–Crippen LogP) is 6.30. The van der Waals surface area contributed by atoms with Crippen molar-refractivity contribution in [2.45, 2.75) is 64.3 Å². The SMILES string of the molecule is CC1(C(NC(=O)C2CCCC2)c2c(F)ccc(Cl)c2Cl)CCCC1.NC(=O)c1ccns1. The summed E-state index contributed by atoms with van der Waals surface area (Å²) in [7, 11) is 0. The summed E-state index contributed by atoms with van der Waals surface area (Å²) >= 11 is 13.6. The number of nitrogens with zero attached hydrogens (tertiary/aromatic N) is 1. The summed E-state index contributed by atoms with van der Waals surface area (Å²) in [6.07, 6.45) is 9.64. The summed E-state index contributed by atoms with van der Waals surface area (Å²) in [6, 6.07) is 3.97. The molecule has 2 saturated carbocycles. The van der Waals surface area contributed by atoms with Crippen LogP contribution in [-0.2, 0) is 4.79 Å². The van der Waals surface area contributed by atoms with Crippen molar-refractivity contribution in [1.29, 1.82) is 0 Å². The van der Waals surface area contributed by atoms with Gasteiger partial charge in [-0.3, -0.25) is 9.59 Å². The number of nitrogens with one attached hydrogen (secondary N) is 1. The number of amides is 2. The Balaban J connectivity index is 0.000000305. The van der Waals surface area contributed by atoms with Gasteiger partial charge in [-0.2, -0.15) is 0 Å². The van der Waals surface area contributed by atoms with Gasteiger partial charge in [0.15, 0.2) is 0 Å². The molecule has 1 heterocycles. The summed E-state index contributed by atoms with van der Waals surface area (Å²) in [5.41, 5.74) is 5.05. The van der Waals surface area contributed by atoms with Crippen molar-refractivity contribution in [3.8, 4) is 0 Å². The number of aromatic nitrogens is 1. The highest BCUT2D eigenvalue weighted by Gasteiger charge is 2.42. The topological polar surface area (TPSA) is 85.1 Å². The molecule has 0 spiro atoms. The van der Waals surface area contributed by atoms with Crippen LogP contribution in [0, 0.1) is 17.2 Å². The number of halogens is 3. The largest absolute Gasteiger partial charge is 0.365 e. The molecule has 1 aromatic heterocycles. The van der Waals surface area contributed by atoms with Crippen LogP contribution in [0.15, 0.2) is 24.4 Å². The van der Waals surface area contributed by atoms with E-state index in [0.29, 0.717) is 15.5 Å². The van der Waals surface area contributed by atoms with Crippen LogP contribution in [-0.4, -0.2) is 16.2 Å². The molecule has 2 aromatic rings. The average molecular weight is 500 g/mol. The molecule has 0 aliphatic heterocycles. The summed E-state index contributed by atoms with van der Waals surface area (Å²) < 4.78 is 18.3. The van der Waals surface area contributed by atoms with Crippen molar-refractivity contribution in [2.75, 3.05) is 0 Å². The molecule has 0 radical (unpaired) electrons. The van der Waals surface area contributed by atoms with Gasteiger partial charge in [0.2, 0.25) is 5.91 Å². The molecule has 9 heteroatoms. The summed E-state index contributed by atoms with van der Waals surface area (Å²) in [6.45, 7) is 2.12. The number of rotatable bonds is 5. The minimum absolute atomic E-state index is 0.0288. The van der Waals surface area contributed by atoms with Gasteiger partial charge in [0.05, 0.1) is 16.1 Å². The van der Waals surface area contributed by atoms with Gasteiger partial charge in [0.25, 0.3) is 5.91 Å². The Bertz CT molecular complexity index is 943. The first-order chi connectivity index (χ1) is 15.2. The molecule has 0 saturated heterocycles. The van der Waals surface area contributed by atoms with E-state index in [9.17, 15) is 14.0 Å². The molecule has 3 N–H and O–H groups in total. The van der Waals surface area contributed by atoms with Crippen LogP contribution in [0.4, 0.5) is 4.39 Å². The molecule has 5 nitrogen and oxygen atoms in total. The second kappa shape index (κ2) is 10.9. The Morgan fingerprint density at radius 2 is 1.84 bits per heavy atom. The normalized spacial score (nSPS) is 18.6. The zero-order valence-electron chi connectivity index (χ0n) is 18.0. The number of hydrogen-bond acceptors (Lipinski definition) is 4. The van der Waals surface area contributed by atoms with Crippen molar-refractivity contribution in [2.24, 2.45) is 17.1 Å². The molecular formula is C23H28Cl2FN3O2S. The number of carbonyl (C=O) groups excluding carboxylic acids is 2. The number of carbonyl (C=O) groups is 2. The molecule has 2 aliphatic carbocycles. The van der Waals surface area contributed by atoms with E-state index in [1.165, 1.54) is 12.1 Å². The second-order valence-electron chi connectivity index (χ2n) is 8.78. The first kappa shape index (κ1) is 24.9.